The lowest BCUT2D eigenvalue weighted by Crippen LogP contribution is -1.93. The van der Waals surface area contributed by atoms with Gasteiger partial charge < -0.3 is 19.4 Å². The van der Waals surface area contributed by atoms with Crippen LogP contribution in [0.3, 0.4) is 0 Å². The van der Waals surface area contributed by atoms with E-state index in [1.54, 1.807) is 48.8 Å². The Kier molecular flexibility index (Phi) is 8.67. The molecule has 0 spiro atoms. The van der Waals surface area contributed by atoms with Crippen molar-refractivity contribution in [1.82, 2.24) is 19.9 Å². The summed E-state index contributed by atoms with van der Waals surface area (Å²) in [6.07, 6.45) is 3.25. The first-order chi connectivity index (χ1) is 20.4. The number of imidazole rings is 2. The molecule has 0 amide bonds. The fourth-order valence-corrected chi connectivity index (χ4v) is 4.23. The number of aromatic nitrogens is 4. The van der Waals surface area contributed by atoms with Crippen LogP contribution in [0.15, 0.2) is 103 Å². The summed E-state index contributed by atoms with van der Waals surface area (Å²) in [5.74, 6) is 0.971. The molecule has 0 aliphatic heterocycles. The first-order valence-corrected chi connectivity index (χ1v) is 13.1. The number of halogens is 3. The van der Waals surface area contributed by atoms with Gasteiger partial charge in [0.25, 0.3) is 0 Å². The maximum absolute atomic E-state index is 14.1. The van der Waals surface area contributed by atoms with Gasteiger partial charge in [-0.25, -0.2) is 23.1 Å². The van der Waals surface area contributed by atoms with Crippen LogP contribution >= 0.6 is 0 Å². The molecule has 0 aliphatic carbocycles. The highest BCUT2D eigenvalue weighted by Gasteiger charge is 2.11. The number of rotatable bonds is 7. The number of hydrogen-bond donors (Lipinski definition) is 2. The predicted molar refractivity (Wildman–Crippen MR) is 157 cm³/mol. The highest BCUT2D eigenvalue weighted by molar-refractivity contribution is 5.66. The SMILES string of the molecule is CCOc1ccc(-c2cnc(-c3ccccc3)[nH]2)c(F)c1.COc1ccc(-c2cnc(-c3ccc(F)cc3)[nH]2)cc1F. The van der Waals surface area contributed by atoms with E-state index in [1.807, 2.05) is 37.3 Å². The molecule has 9 heteroatoms. The number of H-pyrrole nitrogens is 2. The number of benzene rings is 4. The second kappa shape index (κ2) is 12.9. The van der Waals surface area contributed by atoms with E-state index in [4.69, 9.17) is 9.47 Å². The van der Waals surface area contributed by atoms with Gasteiger partial charge in [0.1, 0.15) is 29.0 Å². The number of aromatic amines is 2. The van der Waals surface area contributed by atoms with Gasteiger partial charge in [-0.3, -0.25) is 0 Å². The topological polar surface area (TPSA) is 75.8 Å². The third-order valence-corrected chi connectivity index (χ3v) is 6.32. The molecule has 0 saturated carbocycles. The Morgan fingerprint density at radius 1 is 0.667 bits per heavy atom. The normalized spacial score (nSPS) is 10.6. The number of methoxy groups -OCH3 is 1. The van der Waals surface area contributed by atoms with Gasteiger partial charge in [-0.15, -0.1) is 0 Å². The summed E-state index contributed by atoms with van der Waals surface area (Å²) in [4.78, 5) is 14.8. The number of nitrogens with one attached hydrogen (secondary N) is 2. The Labute approximate surface area is 240 Å². The molecule has 0 bridgehead atoms. The van der Waals surface area contributed by atoms with Crippen LogP contribution in [0.4, 0.5) is 13.2 Å². The zero-order valence-corrected chi connectivity index (χ0v) is 22.9. The molecule has 212 valence electrons. The highest BCUT2D eigenvalue weighted by Crippen LogP contribution is 2.28. The summed E-state index contributed by atoms with van der Waals surface area (Å²) in [7, 11) is 1.42. The van der Waals surface area contributed by atoms with E-state index in [0.717, 1.165) is 17.0 Å². The van der Waals surface area contributed by atoms with Gasteiger partial charge >= 0.3 is 0 Å². The van der Waals surface area contributed by atoms with Gasteiger partial charge in [-0.2, -0.15) is 0 Å². The van der Waals surface area contributed by atoms with Crippen LogP contribution in [0.1, 0.15) is 6.92 Å². The molecule has 0 fully saturated rings. The van der Waals surface area contributed by atoms with Gasteiger partial charge in [-0.1, -0.05) is 30.3 Å². The van der Waals surface area contributed by atoms with Gasteiger partial charge in [0.05, 0.1) is 37.5 Å². The molecule has 6 aromatic rings. The van der Waals surface area contributed by atoms with Crippen LogP contribution in [0, 0.1) is 17.5 Å². The second-order valence-electron chi connectivity index (χ2n) is 9.09. The van der Waals surface area contributed by atoms with Crippen LogP contribution in [-0.4, -0.2) is 33.7 Å². The predicted octanol–water partition coefficient (Wildman–Crippen LogP) is 8.31. The molecule has 42 heavy (non-hydrogen) atoms. The Morgan fingerprint density at radius 3 is 1.95 bits per heavy atom. The molecule has 0 atom stereocenters. The minimum absolute atomic E-state index is 0.192. The minimum Gasteiger partial charge on any atom is -0.494 e. The van der Waals surface area contributed by atoms with Crippen molar-refractivity contribution in [3.8, 4) is 56.8 Å². The Balaban J connectivity index is 0.000000168. The summed E-state index contributed by atoms with van der Waals surface area (Å²) in [6, 6.07) is 25.2. The summed E-state index contributed by atoms with van der Waals surface area (Å²) < 4.78 is 50.9. The monoisotopic (exact) mass is 568 g/mol. The van der Waals surface area contributed by atoms with Crippen LogP contribution in [0.5, 0.6) is 11.5 Å². The number of ether oxygens (including phenoxy) is 2. The second-order valence-corrected chi connectivity index (χ2v) is 9.09. The van der Waals surface area contributed by atoms with Crippen molar-refractivity contribution in [3.63, 3.8) is 0 Å². The molecule has 2 N–H and O–H groups in total. The highest BCUT2D eigenvalue weighted by atomic mass is 19.1. The zero-order chi connectivity index (χ0) is 29.5. The molecule has 0 unspecified atom stereocenters. The maximum Gasteiger partial charge on any atom is 0.165 e. The van der Waals surface area contributed by atoms with Crippen LogP contribution in [-0.2, 0) is 0 Å². The first-order valence-electron chi connectivity index (χ1n) is 13.1. The van der Waals surface area contributed by atoms with Crippen molar-refractivity contribution < 1.29 is 22.6 Å². The summed E-state index contributed by atoms with van der Waals surface area (Å²) in [5.41, 5.74) is 4.19. The lowest BCUT2D eigenvalue weighted by Gasteiger charge is -2.05. The van der Waals surface area contributed by atoms with E-state index in [0.29, 0.717) is 40.7 Å². The van der Waals surface area contributed by atoms with Crippen LogP contribution < -0.4 is 9.47 Å². The molecule has 2 aromatic heterocycles. The molecule has 6 rings (SSSR count). The van der Waals surface area contributed by atoms with Crippen molar-refractivity contribution in [2.75, 3.05) is 13.7 Å². The van der Waals surface area contributed by atoms with E-state index >= 15 is 0 Å². The largest absolute Gasteiger partial charge is 0.494 e. The van der Waals surface area contributed by atoms with Gasteiger partial charge in [-0.05, 0) is 61.5 Å². The standard InChI is InChI=1S/C17H15FN2O.C16H12F2N2O/c1-2-21-13-8-9-14(15(18)10-13)16-11-19-17(20-16)12-6-4-3-5-7-12;1-21-15-7-4-11(8-13(15)18)14-9-19-16(20-14)10-2-5-12(17)6-3-10/h3-11H,2H2,1H3,(H,19,20);2-9H,1H3,(H,19,20). The Bertz CT molecular complexity index is 1770. The smallest absolute Gasteiger partial charge is 0.165 e. The lowest BCUT2D eigenvalue weighted by atomic mass is 10.1. The van der Waals surface area contributed by atoms with Crippen molar-refractivity contribution >= 4 is 0 Å². The Hall–Kier alpha value is -5.31. The molecular formula is C33H27F3N4O2. The quantitative estimate of drug-likeness (QED) is 0.203. The molecule has 6 nitrogen and oxygen atoms in total. The van der Waals surface area contributed by atoms with Crippen molar-refractivity contribution in [2.24, 2.45) is 0 Å². The Morgan fingerprint density at radius 2 is 1.31 bits per heavy atom. The zero-order valence-electron chi connectivity index (χ0n) is 22.9. The molecule has 4 aromatic carbocycles. The van der Waals surface area contributed by atoms with E-state index in [1.165, 1.54) is 31.4 Å². The lowest BCUT2D eigenvalue weighted by molar-refractivity contribution is 0.338. The summed E-state index contributed by atoms with van der Waals surface area (Å²) in [6.45, 7) is 2.38. The van der Waals surface area contributed by atoms with Gasteiger partial charge in [0.2, 0.25) is 0 Å². The van der Waals surface area contributed by atoms with E-state index in [2.05, 4.69) is 19.9 Å². The number of hydrogen-bond acceptors (Lipinski definition) is 4. The maximum atomic E-state index is 14.1. The molecule has 2 heterocycles. The van der Waals surface area contributed by atoms with Gasteiger partial charge in [0.15, 0.2) is 11.6 Å². The fraction of sp³-hybridized carbons (Fsp3) is 0.0909. The van der Waals surface area contributed by atoms with Crippen LogP contribution in [0.25, 0.3) is 45.3 Å². The van der Waals surface area contributed by atoms with Gasteiger partial charge in [0, 0.05) is 28.3 Å². The third kappa shape index (κ3) is 6.52. The molecule has 0 radical (unpaired) electrons. The fourth-order valence-electron chi connectivity index (χ4n) is 4.23. The molecule has 0 aliphatic rings. The van der Waals surface area contributed by atoms with Crippen molar-refractivity contribution in [1.29, 1.82) is 0 Å². The van der Waals surface area contributed by atoms with Crippen LogP contribution in [0.2, 0.25) is 0 Å². The first kappa shape index (κ1) is 28.2. The van der Waals surface area contributed by atoms with Crippen molar-refractivity contribution in [2.45, 2.75) is 6.92 Å². The average Bonchev–Trinajstić information content (AvgIpc) is 3.70. The average molecular weight is 569 g/mol. The molecule has 0 saturated heterocycles. The minimum atomic E-state index is -0.437. The van der Waals surface area contributed by atoms with E-state index in [9.17, 15) is 13.2 Å². The third-order valence-electron chi connectivity index (χ3n) is 6.32. The summed E-state index contributed by atoms with van der Waals surface area (Å²) >= 11 is 0. The van der Waals surface area contributed by atoms with E-state index < -0.39 is 5.82 Å². The van der Waals surface area contributed by atoms with E-state index in [-0.39, 0.29) is 17.4 Å². The molecular weight excluding hydrogens is 541 g/mol. The van der Waals surface area contributed by atoms with Crippen molar-refractivity contribution in [3.05, 3.63) is 121 Å². The summed E-state index contributed by atoms with van der Waals surface area (Å²) in [5, 5.41) is 0. The number of nitrogens with zero attached hydrogens (tertiary/aromatic N) is 2.